The van der Waals surface area contributed by atoms with E-state index in [0.717, 1.165) is 12.1 Å². The van der Waals surface area contributed by atoms with E-state index in [1.165, 1.54) is 6.07 Å². The summed E-state index contributed by atoms with van der Waals surface area (Å²) in [5.74, 6) is 0.360. The Balaban J connectivity index is 2.62. The SMILES string of the molecule is CCC(N(C)C)N(c1ccccc1)c1ncccc1[N+](=O)[O-]. The van der Waals surface area contributed by atoms with Crippen molar-refractivity contribution in [3.8, 4) is 0 Å². The molecule has 0 aliphatic heterocycles. The fourth-order valence-corrected chi connectivity index (χ4v) is 2.52. The summed E-state index contributed by atoms with van der Waals surface area (Å²) < 4.78 is 0. The van der Waals surface area contributed by atoms with Gasteiger partial charge in [-0.2, -0.15) is 0 Å². The number of pyridine rings is 1. The van der Waals surface area contributed by atoms with Crippen molar-refractivity contribution in [3.63, 3.8) is 0 Å². The second-order valence-electron chi connectivity index (χ2n) is 5.16. The Morgan fingerprint density at radius 2 is 1.86 bits per heavy atom. The van der Waals surface area contributed by atoms with E-state index in [2.05, 4.69) is 11.9 Å². The highest BCUT2D eigenvalue weighted by atomic mass is 16.6. The minimum atomic E-state index is -0.388. The van der Waals surface area contributed by atoms with Crippen LogP contribution in [0.25, 0.3) is 0 Å². The fraction of sp³-hybridized carbons (Fsp3) is 0.312. The maximum atomic E-state index is 11.4. The zero-order valence-electron chi connectivity index (χ0n) is 13.0. The average Bonchev–Trinajstić information content (AvgIpc) is 2.53. The Kier molecular flexibility index (Phi) is 5.06. The zero-order chi connectivity index (χ0) is 16.1. The van der Waals surface area contributed by atoms with Crippen molar-refractivity contribution in [2.75, 3.05) is 19.0 Å². The van der Waals surface area contributed by atoms with Gasteiger partial charge in [-0.15, -0.1) is 0 Å². The molecule has 22 heavy (non-hydrogen) atoms. The molecule has 0 saturated heterocycles. The van der Waals surface area contributed by atoms with Crippen LogP contribution < -0.4 is 4.90 Å². The van der Waals surface area contributed by atoms with E-state index in [9.17, 15) is 10.1 Å². The highest BCUT2D eigenvalue weighted by Crippen LogP contribution is 2.34. The molecule has 0 spiro atoms. The van der Waals surface area contributed by atoms with Crippen LogP contribution in [0.1, 0.15) is 13.3 Å². The van der Waals surface area contributed by atoms with Crippen LogP contribution >= 0.6 is 0 Å². The Morgan fingerprint density at radius 3 is 2.41 bits per heavy atom. The minimum absolute atomic E-state index is 0.00616. The fourth-order valence-electron chi connectivity index (χ4n) is 2.52. The van der Waals surface area contributed by atoms with E-state index >= 15 is 0 Å². The lowest BCUT2D eigenvalue weighted by atomic mass is 10.2. The second kappa shape index (κ2) is 7.00. The summed E-state index contributed by atoms with van der Waals surface area (Å²) in [6, 6.07) is 12.7. The number of para-hydroxylation sites is 1. The van der Waals surface area contributed by atoms with Crippen LogP contribution in [0, 0.1) is 10.1 Å². The third-order valence-corrected chi connectivity index (χ3v) is 3.48. The monoisotopic (exact) mass is 300 g/mol. The molecule has 1 unspecified atom stereocenters. The normalized spacial score (nSPS) is 12.2. The molecule has 1 aromatic heterocycles. The lowest BCUT2D eigenvalue weighted by Gasteiger charge is -2.36. The number of rotatable bonds is 6. The third-order valence-electron chi connectivity index (χ3n) is 3.48. The summed E-state index contributed by atoms with van der Waals surface area (Å²) >= 11 is 0. The Labute approximate surface area is 130 Å². The summed E-state index contributed by atoms with van der Waals surface area (Å²) in [7, 11) is 3.91. The highest BCUT2D eigenvalue weighted by Gasteiger charge is 2.28. The molecule has 0 bridgehead atoms. The standard InChI is InChI=1S/C16H20N4O2/c1-4-15(18(2)3)19(13-9-6-5-7-10-13)16-14(20(21)22)11-8-12-17-16/h5-12,15H,4H2,1-3H3. The van der Waals surface area contributed by atoms with Crippen molar-refractivity contribution in [1.82, 2.24) is 9.88 Å². The first-order chi connectivity index (χ1) is 10.6. The minimum Gasteiger partial charge on any atom is -0.304 e. The number of hydrogen-bond donors (Lipinski definition) is 0. The number of benzene rings is 1. The smallest absolute Gasteiger partial charge is 0.304 e. The molecule has 1 atom stereocenters. The molecule has 2 rings (SSSR count). The van der Waals surface area contributed by atoms with Gasteiger partial charge in [0.1, 0.15) is 0 Å². The van der Waals surface area contributed by atoms with Gasteiger partial charge in [-0.1, -0.05) is 25.1 Å². The molecule has 0 N–H and O–H groups in total. The van der Waals surface area contributed by atoms with E-state index in [0.29, 0.717) is 5.82 Å². The van der Waals surface area contributed by atoms with Gasteiger partial charge < -0.3 is 4.90 Å². The number of anilines is 2. The maximum Gasteiger partial charge on any atom is 0.311 e. The molecule has 0 aliphatic carbocycles. The van der Waals surface area contributed by atoms with Crippen molar-refractivity contribution in [2.24, 2.45) is 0 Å². The van der Waals surface area contributed by atoms with Crippen molar-refractivity contribution in [2.45, 2.75) is 19.5 Å². The van der Waals surface area contributed by atoms with E-state index in [-0.39, 0.29) is 16.8 Å². The van der Waals surface area contributed by atoms with E-state index in [4.69, 9.17) is 0 Å². The van der Waals surface area contributed by atoms with Crippen molar-refractivity contribution < 1.29 is 4.92 Å². The predicted octanol–water partition coefficient (Wildman–Crippen LogP) is 3.43. The van der Waals surface area contributed by atoms with Gasteiger partial charge in [0.05, 0.1) is 11.1 Å². The van der Waals surface area contributed by atoms with Crippen LogP contribution in [0.4, 0.5) is 17.2 Å². The van der Waals surface area contributed by atoms with Crippen LogP contribution in [0.5, 0.6) is 0 Å². The van der Waals surface area contributed by atoms with Gasteiger partial charge in [0.2, 0.25) is 5.82 Å². The summed E-state index contributed by atoms with van der Waals surface area (Å²) in [5, 5.41) is 11.4. The van der Waals surface area contributed by atoms with Crippen LogP contribution in [-0.4, -0.2) is 35.1 Å². The van der Waals surface area contributed by atoms with Crippen LogP contribution in [0.15, 0.2) is 48.7 Å². The van der Waals surface area contributed by atoms with Gasteiger partial charge in [0.15, 0.2) is 0 Å². The number of nitrogens with zero attached hydrogens (tertiary/aromatic N) is 4. The van der Waals surface area contributed by atoms with Gasteiger partial charge in [-0.3, -0.25) is 15.0 Å². The topological polar surface area (TPSA) is 62.5 Å². The molecule has 0 aliphatic rings. The van der Waals surface area contributed by atoms with E-state index in [1.54, 1.807) is 12.3 Å². The van der Waals surface area contributed by atoms with Crippen molar-refractivity contribution in [1.29, 1.82) is 0 Å². The van der Waals surface area contributed by atoms with Crippen LogP contribution in [-0.2, 0) is 0 Å². The Bertz CT molecular complexity index is 631. The number of hydrogen-bond acceptors (Lipinski definition) is 5. The van der Waals surface area contributed by atoms with Gasteiger partial charge >= 0.3 is 5.69 Å². The molecule has 1 aromatic carbocycles. The molecule has 0 amide bonds. The third kappa shape index (κ3) is 3.23. The van der Waals surface area contributed by atoms with Gasteiger partial charge in [0.25, 0.3) is 0 Å². The quantitative estimate of drug-likeness (QED) is 0.464. The maximum absolute atomic E-state index is 11.4. The number of aromatic nitrogens is 1. The summed E-state index contributed by atoms with van der Waals surface area (Å²) in [5.41, 5.74) is 0.886. The van der Waals surface area contributed by atoms with Gasteiger partial charge in [-0.05, 0) is 38.7 Å². The Morgan fingerprint density at radius 1 is 1.18 bits per heavy atom. The lowest BCUT2D eigenvalue weighted by molar-refractivity contribution is -0.384. The van der Waals surface area contributed by atoms with E-state index < -0.39 is 0 Å². The van der Waals surface area contributed by atoms with Crippen LogP contribution in [0.2, 0.25) is 0 Å². The summed E-state index contributed by atoms with van der Waals surface area (Å²) in [4.78, 5) is 19.2. The predicted molar refractivity (Wildman–Crippen MR) is 87.2 cm³/mol. The zero-order valence-corrected chi connectivity index (χ0v) is 13.0. The lowest BCUT2D eigenvalue weighted by Crippen LogP contribution is -2.42. The van der Waals surface area contributed by atoms with E-state index in [1.807, 2.05) is 54.2 Å². The molecular weight excluding hydrogens is 280 g/mol. The molecule has 1 heterocycles. The Hall–Kier alpha value is -2.47. The highest BCUT2D eigenvalue weighted by molar-refractivity contribution is 5.68. The summed E-state index contributed by atoms with van der Waals surface area (Å²) in [6.45, 7) is 2.05. The first-order valence-corrected chi connectivity index (χ1v) is 7.16. The van der Waals surface area contributed by atoms with Crippen molar-refractivity contribution >= 4 is 17.2 Å². The molecule has 2 aromatic rings. The molecular formula is C16H20N4O2. The number of nitro groups is 1. The molecule has 6 heteroatoms. The first kappa shape index (κ1) is 15.9. The van der Waals surface area contributed by atoms with Gasteiger partial charge in [-0.25, -0.2) is 4.98 Å². The summed E-state index contributed by atoms with van der Waals surface area (Å²) in [6.07, 6.45) is 2.35. The average molecular weight is 300 g/mol. The largest absolute Gasteiger partial charge is 0.311 e. The van der Waals surface area contributed by atoms with Gasteiger partial charge in [0, 0.05) is 18.0 Å². The molecule has 0 saturated carbocycles. The first-order valence-electron chi connectivity index (χ1n) is 7.16. The second-order valence-corrected chi connectivity index (χ2v) is 5.16. The molecule has 6 nitrogen and oxygen atoms in total. The molecule has 0 radical (unpaired) electrons. The molecule has 116 valence electrons. The van der Waals surface area contributed by atoms with Crippen molar-refractivity contribution in [3.05, 3.63) is 58.8 Å². The van der Waals surface area contributed by atoms with Crippen LogP contribution in [0.3, 0.4) is 0 Å². The molecule has 0 fully saturated rings.